The van der Waals surface area contributed by atoms with Crippen molar-refractivity contribution >= 4 is 15.7 Å². The summed E-state index contributed by atoms with van der Waals surface area (Å²) in [6.45, 7) is 6.34. The van der Waals surface area contributed by atoms with E-state index in [0.29, 0.717) is 12.3 Å². The van der Waals surface area contributed by atoms with Gasteiger partial charge in [-0.3, -0.25) is 9.69 Å². The minimum absolute atomic E-state index is 0.0551. The van der Waals surface area contributed by atoms with Gasteiger partial charge in [-0.1, -0.05) is 0 Å². The molecular formula is C15H26N2O4S. The lowest BCUT2D eigenvalue weighted by Crippen LogP contribution is -2.45. The molecule has 0 spiro atoms. The summed E-state index contributed by atoms with van der Waals surface area (Å²) in [5.41, 5.74) is 0. The van der Waals surface area contributed by atoms with Crippen molar-refractivity contribution in [2.75, 3.05) is 57.4 Å². The van der Waals surface area contributed by atoms with E-state index >= 15 is 0 Å². The number of ether oxygens (including phenoxy) is 1. The highest BCUT2D eigenvalue weighted by Gasteiger charge is 2.36. The lowest BCUT2D eigenvalue weighted by Gasteiger charge is -2.36. The monoisotopic (exact) mass is 330 g/mol. The molecule has 126 valence electrons. The van der Waals surface area contributed by atoms with Gasteiger partial charge in [0.2, 0.25) is 5.91 Å². The number of carbonyl (C=O) groups is 1. The van der Waals surface area contributed by atoms with Crippen LogP contribution in [0.15, 0.2) is 0 Å². The standard InChI is InChI=1S/C15H26N2O4S/c18-15(14-3-10-22(19,20)12-14)17-4-1-13(2-5-17)11-16-6-8-21-9-7-16/h13-14H,1-12H2/t14-/m0/s1. The fraction of sp³-hybridized carbons (Fsp3) is 0.933. The summed E-state index contributed by atoms with van der Waals surface area (Å²) in [4.78, 5) is 16.8. The first-order chi connectivity index (χ1) is 10.5. The molecule has 3 rings (SSSR count). The molecule has 0 unspecified atom stereocenters. The number of sulfone groups is 1. The average Bonchev–Trinajstić information content (AvgIpc) is 2.88. The van der Waals surface area contributed by atoms with Crippen molar-refractivity contribution in [3.8, 4) is 0 Å². The van der Waals surface area contributed by atoms with Crippen LogP contribution in [-0.4, -0.2) is 81.6 Å². The maximum Gasteiger partial charge on any atom is 0.226 e. The largest absolute Gasteiger partial charge is 0.379 e. The predicted molar refractivity (Wildman–Crippen MR) is 83.3 cm³/mol. The van der Waals surface area contributed by atoms with Gasteiger partial charge in [0.25, 0.3) is 0 Å². The van der Waals surface area contributed by atoms with Gasteiger partial charge in [-0.05, 0) is 25.2 Å². The minimum Gasteiger partial charge on any atom is -0.379 e. The van der Waals surface area contributed by atoms with Crippen molar-refractivity contribution in [3.05, 3.63) is 0 Å². The van der Waals surface area contributed by atoms with E-state index in [4.69, 9.17) is 4.74 Å². The molecule has 3 aliphatic heterocycles. The van der Waals surface area contributed by atoms with Gasteiger partial charge >= 0.3 is 0 Å². The fourth-order valence-electron chi connectivity index (χ4n) is 3.73. The van der Waals surface area contributed by atoms with Crippen molar-refractivity contribution in [3.63, 3.8) is 0 Å². The second-order valence-corrected chi connectivity index (χ2v) is 9.01. The summed E-state index contributed by atoms with van der Waals surface area (Å²) in [5.74, 6) is 0.650. The molecular weight excluding hydrogens is 304 g/mol. The van der Waals surface area contributed by atoms with E-state index in [9.17, 15) is 13.2 Å². The van der Waals surface area contributed by atoms with Crippen LogP contribution in [0.25, 0.3) is 0 Å². The van der Waals surface area contributed by atoms with Crippen molar-refractivity contribution in [1.82, 2.24) is 9.80 Å². The molecule has 0 radical (unpaired) electrons. The Morgan fingerprint density at radius 2 is 1.73 bits per heavy atom. The van der Waals surface area contributed by atoms with Crippen molar-refractivity contribution in [1.29, 1.82) is 0 Å². The summed E-state index contributed by atoms with van der Waals surface area (Å²) in [5, 5.41) is 0. The summed E-state index contributed by atoms with van der Waals surface area (Å²) in [6, 6.07) is 0. The molecule has 0 N–H and O–H groups in total. The first kappa shape index (κ1) is 16.2. The summed E-state index contributed by atoms with van der Waals surface area (Å²) in [7, 11) is -2.98. The molecule has 0 aromatic carbocycles. The van der Waals surface area contributed by atoms with E-state index in [-0.39, 0.29) is 23.3 Å². The van der Waals surface area contributed by atoms with E-state index in [2.05, 4.69) is 4.90 Å². The summed E-state index contributed by atoms with van der Waals surface area (Å²) in [6.07, 6.45) is 2.57. The van der Waals surface area contributed by atoms with Gasteiger partial charge in [0.1, 0.15) is 0 Å². The Morgan fingerprint density at radius 3 is 2.32 bits per heavy atom. The van der Waals surface area contributed by atoms with E-state index in [1.807, 2.05) is 4.90 Å². The van der Waals surface area contributed by atoms with Crippen LogP contribution in [0.5, 0.6) is 0 Å². The topological polar surface area (TPSA) is 66.9 Å². The summed E-state index contributed by atoms with van der Waals surface area (Å²) >= 11 is 0. The van der Waals surface area contributed by atoms with Crippen molar-refractivity contribution < 1.29 is 17.9 Å². The Kier molecular flexibility index (Phi) is 5.04. The molecule has 0 bridgehead atoms. The number of morpholine rings is 1. The van der Waals surface area contributed by atoms with E-state index in [0.717, 1.165) is 58.8 Å². The van der Waals surface area contributed by atoms with Crippen LogP contribution in [0.4, 0.5) is 0 Å². The van der Waals surface area contributed by atoms with Crippen molar-refractivity contribution in [2.45, 2.75) is 19.3 Å². The Morgan fingerprint density at radius 1 is 1.05 bits per heavy atom. The molecule has 7 heteroatoms. The van der Waals surface area contributed by atoms with E-state index < -0.39 is 9.84 Å². The zero-order chi connectivity index (χ0) is 15.6. The van der Waals surface area contributed by atoms with E-state index in [1.165, 1.54) is 0 Å². The number of carbonyl (C=O) groups excluding carboxylic acids is 1. The predicted octanol–water partition coefficient (Wildman–Crippen LogP) is -0.00810. The van der Waals surface area contributed by atoms with Crippen LogP contribution in [0, 0.1) is 11.8 Å². The zero-order valence-corrected chi connectivity index (χ0v) is 13.9. The second kappa shape index (κ2) is 6.84. The number of hydrogen-bond donors (Lipinski definition) is 0. The fourth-order valence-corrected chi connectivity index (χ4v) is 5.47. The highest BCUT2D eigenvalue weighted by molar-refractivity contribution is 7.91. The first-order valence-electron chi connectivity index (χ1n) is 8.33. The third-order valence-electron chi connectivity index (χ3n) is 5.13. The average molecular weight is 330 g/mol. The lowest BCUT2D eigenvalue weighted by molar-refractivity contribution is -0.136. The highest BCUT2D eigenvalue weighted by Crippen LogP contribution is 2.25. The van der Waals surface area contributed by atoms with Crippen LogP contribution < -0.4 is 0 Å². The summed E-state index contributed by atoms with van der Waals surface area (Å²) < 4.78 is 28.4. The third-order valence-corrected chi connectivity index (χ3v) is 6.90. The number of piperidine rings is 1. The molecule has 6 nitrogen and oxygen atoms in total. The Bertz CT molecular complexity index is 494. The number of nitrogens with zero attached hydrogens (tertiary/aromatic N) is 2. The van der Waals surface area contributed by atoms with Crippen molar-refractivity contribution in [2.24, 2.45) is 11.8 Å². The van der Waals surface area contributed by atoms with Crippen LogP contribution in [-0.2, 0) is 19.4 Å². The smallest absolute Gasteiger partial charge is 0.226 e. The molecule has 1 amide bonds. The molecule has 0 aliphatic carbocycles. The minimum atomic E-state index is -2.98. The second-order valence-electron chi connectivity index (χ2n) is 6.78. The number of likely N-dealkylation sites (tertiary alicyclic amines) is 1. The van der Waals surface area contributed by atoms with Gasteiger partial charge in [0.05, 0.1) is 30.6 Å². The van der Waals surface area contributed by atoms with Gasteiger partial charge in [-0.25, -0.2) is 8.42 Å². The number of amides is 1. The molecule has 0 aromatic rings. The molecule has 1 atom stereocenters. The SMILES string of the molecule is O=C([C@H]1CCS(=O)(=O)C1)N1CCC(CN2CCOCC2)CC1. The molecule has 3 heterocycles. The highest BCUT2D eigenvalue weighted by atomic mass is 32.2. The Labute approximate surface area is 132 Å². The first-order valence-corrected chi connectivity index (χ1v) is 10.1. The van der Waals surface area contributed by atoms with Gasteiger partial charge in [-0.2, -0.15) is 0 Å². The Hall–Kier alpha value is -0.660. The third kappa shape index (κ3) is 4.00. The van der Waals surface area contributed by atoms with E-state index in [1.54, 1.807) is 0 Å². The number of hydrogen-bond acceptors (Lipinski definition) is 5. The van der Waals surface area contributed by atoms with Crippen LogP contribution in [0.1, 0.15) is 19.3 Å². The molecule has 3 saturated heterocycles. The number of rotatable bonds is 3. The lowest BCUT2D eigenvalue weighted by atomic mass is 9.94. The van der Waals surface area contributed by atoms with Gasteiger partial charge in [0.15, 0.2) is 9.84 Å². The van der Waals surface area contributed by atoms with Gasteiger partial charge in [-0.15, -0.1) is 0 Å². The van der Waals surface area contributed by atoms with Crippen LogP contribution in [0.3, 0.4) is 0 Å². The van der Waals surface area contributed by atoms with Crippen LogP contribution in [0.2, 0.25) is 0 Å². The normalized spacial score (nSPS) is 30.5. The quantitative estimate of drug-likeness (QED) is 0.728. The Balaban J connectivity index is 1.44. The molecule has 22 heavy (non-hydrogen) atoms. The maximum atomic E-state index is 12.4. The molecule has 3 fully saturated rings. The van der Waals surface area contributed by atoms with Gasteiger partial charge < -0.3 is 9.64 Å². The molecule has 0 aromatic heterocycles. The van der Waals surface area contributed by atoms with Crippen LogP contribution >= 0.6 is 0 Å². The zero-order valence-electron chi connectivity index (χ0n) is 13.1. The molecule has 3 aliphatic rings. The van der Waals surface area contributed by atoms with Gasteiger partial charge in [0, 0.05) is 32.7 Å². The maximum absolute atomic E-state index is 12.4. The molecule has 0 saturated carbocycles.